The average Bonchev–Trinajstić information content (AvgIpc) is 2.27. The summed E-state index contributed by atoms with van der Waals surface area (Å²) in [4.78, 5) is 11.6. The molecule has 0 aliphatic heterocycles. The van der Waals surface area contributed by atoms with Crippen LogP contribution in [0.2, 0.25) is 5.02 Å². The van der Waals surface area contributed by atoms with Crippen molar-refractivity contribution in [2.75, 3.05) is 13.2 Å². The highest BCUT2D eigenvalue weighted by molar-refractivity contribution is 6.32. The molecule has 1 rings (SSSR count). The third-order valence-electron chi connectivity index (χ3n) is 2.10. The first-order chi connectivity index (χ1) is 8.04. The molecule has 0 aliphatic carbocycles. The highest BCUT2D eigenvalue weighted by Crippen LogP contribution is 2.26. The number of ketones is 1. The molecule has 0 unspecified atom stereocenters. The zero-order valence-electron chi connectivity index (χ0n) is 9.83. The van der Waals surface area contributed by atoms with Crippen molar-refractivity contribution in [3.63, 3.8) is 0 Å². The second-order valence-electron chi connectivity index (χ2n) is 3.85. The Labute approximate surface area is 106 Å². The average molecular weight is 254 g/mol. The Morgan fingerprint density at radius 3 is 2.76 bits per heavy atom. The van der Waals surface area contributed by atoms with E-state index in [1.54, 1.807) is 18.2 Å². The summed E-state index contributed by atoms with van der Waals surface area (Å²) in [6, 6.07) is 4.99. The molecule has 0 saturated carbocycles. The molecule has 1 aromatic rings. The lowest BCUT2D eigenvalue weighted by Crippen LogP contribution is -2.08. The molecule has 4 heteroatoms. The number of hydrogen-bond donors (Lipinski definition) is 1. The van der Waals surface area contributed by atoms with Crippen LogP contribution in [0.4, 0.5) is 0 Å². The van der Waals surface area contributed by atoms with Crippen LogP contribution in [0.25, 0.3) is 0 Å². The van der Waals surface area contributed by atoms with Gasteiger partial charge in [-0.1, -0.05) is 18.2 Å². The molecule has 0 bridgehead atoms. The van der Waals surface area contributed by atoms with Crippen molar-refractivity contribution in [1.29, 1.82) is 0 Å². The number of benzene rings is 1. The van der Waals surface area contributed by atoms with Gasteiger partial charge < -0.3 is 10.5 Å². The number of hydrogen-bond acceptors (Lipinski definition) is 3. The fraction of sp³-hybridized carbons (Fsp3) is 0.308. The van der Waals surface area contributed by atoms with Crippen molar-refractivity contribution in [2.24, 2.45) is 5.73 Å². The predicted octanol–water partition coefficient (Wildman–Crippen LogP) is 2.83. The Hall–Kier alpha value is -1.32. The highest BCUT2D eigenvalue weighted by Gasteiger charge is 2.08. The maximum absolute atomic E-state index is 11.6. The molecule has 0 aromatic heterocycles. The fourth-order valence-electron chi connectivity index (χ4n) is 1.27. The van der Waals surface area contributed by atoms with Gasteiger partial charge in [0.25, 0.3) is 0 Å². The first kappa shape index (κ1) is 13.7. The monoisotopic (exact) mass is 253 g/mol. The third kappa shape index (κ3) is 4.21. The van der Waals surface area contributed by atoms with Crippen molar-refractivity contribution in [1.82, 2.24) is 0 Å². The number of Topliss-reactive ketones (excluding diaryl/α,β-unsaturated/α-hetero) is 1. The minimum Gasteiger partial charge on any atom is -0.488 e. The summed E-state index contributed by atoms with van der Waals surface area (Å²) in [5.74, 6) is 0.541. The van der Waals surface area contributed by atoms with Gasteiger partial charge in [0, 0.05) is 12.0 Å². The van der Waals surface area contributed by atoms with Crippen molar-refractivity contribution < 1.29 is 9.53 Å². The Balaban J connectivity index is 2.78. The van der Waals surface area contributed by atoms with Crippen LogP contribution in [-0.2, 0) is 0 Å². The van der Waals surface area contributed by atoms with Gasteiger partial charge in [0.15, 0.2) is 5.78 Å². The van der Waals surface area contributed by atoms with E-state index in [1.807, 2.05) is 6.92 Å². The lowest BCUT2D eigenvalue weighted by atomic mass is 10.1. The van der Waals surface area contributed by atoms with Crippen LogP contribution in [0, 0.1) is 0 Å². The van der Waals surface area contributed by atoms with Gasteiger partial charge >= 0.3 is 0 Å². The van der Waals surface area contributed by atoms with Crippen molar-refractivity contribution >= 4 is 17.4 Å². The summed E-state index contributed by atoms with van der Waals surface area (Å²) >= 11 is 6.02. The topological polar surface area (TPSA) is 52.3 Å². The minimum atomic E-state index is -0.0131. The van der Waals surface area contributed by atoms with E-state index in [0.717, 1.165) is 5.57 Å². The summed E-state index contributed by atoms with van der Waals surface area (Å²) < 4.78 is 5.43. The van der Waals surface area contributed by atoms with Gasteiger partial charge in [-0.15, -0.1) is 0 Å². The number of halogens is 1. The molecule has 0 amide bonds. The second kappa shape index (κ2) is 6.42. The van der Waals surface area contributed by atoms with E-state index < -0.39 is 0 Å². The van der Waals surface area contributed by atoms with E-state index in [-0.39, 0.29) is 5.78 Å². The lowest BCUT2D eigenvalue weighted by Gasteiger charge is -2.08. The number of ether oxygens (including phenoxy) is 1. The fourth-order valence-corrected chi connectivity index (χ4v) is 1.50. The molecule has 0 fully saturated rings. The molecule has 1 aromatic carbocycles. The minimum absolute atomic E-state index is 0.0131. The maximum Gasteiger partial charge on any atom is 0.164 e. The van der Waals surface area contributed by atoms with Crippen LogP contribution < -0.4 is 10.5 Å². The molecule has 2 N–H and O–H groups in total. The summed E-state index contributed by atoms with van der Waals surface area (Å²) in [7, 11) is 0. The first-order valence-corrected chi connectivity index (χ1v) is 5.72. The van der Waals surface area contributed by atoms with Gasteiger partial charge in [-0.05, 0) is 37.2 Å². The molecule has 17 heavy (non-hydrogen) atoms. The predicted molar refractivity (Wildman–Crippen MR) is 69.8 cm³/mol. The van der Waals surface area contributed by atoms with Gasteiger partial charge in [-0.3, -0.25) is 4.79 Å². The van der Waals surface area contributed by atoms with Crippen LogP contribution in [0.3, 0.4) is 0 Å². The lowest BCUT2D eigenvalue weighted by molar-refractivity contribution is 0.0985. The molecule has 0 radical (unpaired) electrons. The van der Waals surface area contributed by atoms with E-state index in [9.17, 15) is 4.79 Å². The first-order valence-electron chi connectivity index (χ1n) is 5.34. The van der Waals surface area contributed by atoms with E-state index in [4.69, 9.17) is 22.1 Å². The normalized spacial score (nSPS) is 10.1. The van der Waals surface area contributed by atoms with E-state index in [1.165, 1.54) is 0 Å². The number of carbonyl (C=O) groups is 1. The Bertz CT molecular complexity index is 429. The van der Waals surface area contributed by atoms with Crippen LogP contribution in [0.1, 0.15) is 23.7 Å². The molecule has 92 valence electrons. The zero-order valence-corrected chi connectivity index (χ0v) is 10.6. The number of nitrogens with two attached hydrogens (primary N) is 1. The van der Waals surface area contributed by atoms with E-state index in [2.05, 4.69) is 6.58 Å². The molecule has 0 heterocycles. The van der Waals surface area contributed by atoms with Crippen molar-refractivity contribution in [2.45, 2.75) is 13.3 Å². The van der Waals surface area contributed by atoms with Gasteiger partial charge in [0.2, 0.25) is 0 Å². The van der Waals surface area contributed by atoms with Gasteiger partial charge in [-0.2, -0.15) is 0 Å². The molecule has 3 nitrogen and oxygen atoms in total. The molecular formula is C13H16ClNO2. The largest absolute Gasteiger partial charge is 0.488 e. The van der Waals surface area contributed by atoms with Gasteiger partial charge in [0.1, 0.15) is 12.4 Å². The van der Waals surface area contributed by atoms with Crippen molar-refractivity contribution in [3.8, 4) is 5.75 Å². The molecule has 0 aliphatic rings. The summed E-state index contributed by atoms with van der Waals surface area (Å²) in [6.45, 7) is 6.35. The SMILES string of the molecule is C=C(C)COc1ccc(C(=O)CCN)cc1Cl. The standard InChI is InChI=1S/C13H16ClNO2/c1-9(2)8-17-13-4-3-10(7-11(13)14)12(16)5-6-15/h3-4,7H,1,5-6,8,15H2,2H3. The van der Waals surface area contributed by atoms with E-state index >= 15 is 0 Å². The molecule has 0 saturated heterocycles. The van der Waals surface area contributed by atoms with Crippen LogP contribution in [0.15, 0.2) is 30.4 Å². The summed E-state index contributed by atoms with van der Waals surface area (Å²) in [5.41, 5.74) is 6.79. The maximum atomic E-state index is 11.6. The van der Waals surface area contributed by atoms with Crippen LogP contribution >= 0.6 is 11.6 Å². The highest BCUT2D eigenvalue weighted by atomic mass is 35.5. The molecule has 0 atom stereocenters. The Kier molecular flexibility index (Phi) is 5.19. The van der Waals surface area contributed by atoms with Gasteiger partial charge in [0.05, 0.1) is 5.02 Å². The number of rotatable bonds is 6. The molecule has 0 spiro atoms. The number of carbonyl (C=O) groups excluding carboxylic acids is 1. The summed E-state index contributed by atoms with van der Waals surface area (Å²) in [5, 5.41) is 0.425. The zero-order chi connectivity index (χ0) is 12.8. The Morgan fingerprint density at radius 2 is 2.24 bits per heavy atom. The second-order valence-corrected chi connectivity index (χ2v) is 4.26. The smallest absolute Gasteiger partial charge is 0.164 e. The van der Waals surface area contributed by atoms with Crippen molar-refractivity contribution in [3.05, 3.63) is 40.9 Å². The third-order valence-corrected chi connectivity index (χ3v) is 2.39. The van der Waals surface area contributed by atoms with Crippen LogP contribution in [-0.4, -0.2) is 18.9 Å². The van der Waals surface area contributed by atoms with Gasteiger partial charge in [-0.25, -0.2) is 0 Å². The summed E-state index contributed by atoms with van der Waals surface area (Å²) in [6.07, 6.45) is 0.322. The molecular weight excluding hydrogens is 238 g/mol. The quantitative estimate of drug-likeness (QED) is 0.627. The van der Waals surface area contributed by atoms with E-state index in [0.29, 0.717) is 35.9 Å². The Morgan fingerprint density at radius 1 is 1.53 bits per heavy atom. The van der Waals surface area contributed by atoms with Crippen LogP contribution in [0.5, 0.6) is 5.75 Å².